The van der Waals surface area contributed by atoms with Crippen molar-refractivity contribution in [2.45, 2.75) is 83.3 Å². The average molecular weight is 431 g/mol. The van der Waals surface area contributed by atoms with Crippen LogP contribution >= 0.6 is 0 Å². The van der Waals surface area contributed by atoms with Crippen LogP contribution < -0.4 is 5.73 Å². The molecule has 1 saturated heterocycles. The van der Waals surface area contributed by atoms with Gasteiger partial charge in [-0.3, -0.25) is 9.59 Å². The Bertz CT molecular complexity index is 795. The molecule has 1 aromatic heterocycles. The minimum atomic E-state index is -0.230. The van der Waals surface area contributed by atoms with Gasteiger partial charge in [-0.1, -0.05) is 26.2 Å². The largest absolute Gasteiger partial charge is 0.463 e. The monoisotopic (exact) mass is 430 g/mol. The Kier molecular flexibility index (Phi) is 8.82. The van der Waals surface area contributed by atoms with Crippen molar-refractivity contribution in [1.29, 1.82) is 0 Å². The van der Waals surface area contributed by atoms with Gasteiger partial charge in [0.1, 0.15) is 6.61 Å². The summed E-state index contributed by atoms with van der Waals surface area (Å²) in [5.41, 5.74) is 6.92. The predicted molar refractivity (Wildman–Crippen MR) is 119 cm³/mol. The highest BCUT2D eigenvalue weighted by Crippen LogP contribution is 2.33. The number of nitrogens with two attached hydrogens (primary N) is 1. The molecule has 1 aromatic rings. The lowest BCUT2D eigenvalue weighted by Gasteiger charge is -2.21. The van der Waals surface area contributed by atoms with E-state index in [1.807, 2.05) is 19.1 Å². The SMILES string of the molecule is CCCC(=O)N=C(N=CN)c1ccc(C2CCC(COC(=O)CC3CCCCC3)O2)[nH]1. The Morgan fingerprint density at radius 2 is 2.03 bits per heavy atom. The summed E-state index contributed by atoms with van der Waals surface area (Å²) in [6.45, 7) is 2.22. The van der Waals surface area contributed by atoms with Gasteiger partial charge in [0.05, 0.1) is 24.2 Å². The van der Waals surface area contributed by atoms with Crippen LogP contribution in [-0.2, 0) is 19.1 Å². The van der Waals surface area contributed by atoms with E-state index in [1.165, 1.54) is 19.3 Å². The number of hydrogen-bond acceptors (Lipinski definition) is 4. The molecule has 1 amide bonds. The van der Waals surface area contributed by atoms with Gasteiger partial charge in [0, 0.05) is 18.5 Å². The number of carbonyl (C=O) groups is 2. The topological polar surface area (TPSA) is 119 Å². The molecule has 3 rings (SSSR count). The summed E-state index contributed by atoms with van der Waals surface area (Å²) in [6.07, 6.45) is 10.2. The van der Waals surface area contributed by atoms with E-state index in [2.05, 4.69) is 15.0 Å². The van der Waals surface area contributed by atoms with E-state index in [4.69, 9.17) is 15.2 Å². The third-order valence-electron chi connectivity index (χ3n) is 5.91. The van der Waals surface area contributed by atoms with Crippen LogP contribution in [0.2, 0.25) is 0 Å². The zero-order valence-corrected chi connectivity index (χ0v) is 18.3. The van der Waals surface area contributed by atoms with Crippen LogP contribution in [0.4, 0.5) is 0 Å². The maximum absolute atomic E-state index is 12.1. The van der Waals surface area contributed by atoms with Gasteiger partial charge < -0.3 is 20.2 Å². The number of carbonyl (C=O) groups excluding carboxylic acids is 2. The van der Waals surface area contributed by atoms with Crippen molar-refractivity contribution >= 4 is 24.1 Å². The molecule has 1 aliphatic heterocycles. The summed E-state index contributed by atoms with van der Waals surface area (Å²) in [5.74, 6) is 0.398. The van der Waals surface area contributed by atoms with Gasteiger partial charge in [0.25, 0.3) is 0 Å². The fourth-order valence-corrected chi connectivity index (χ4v) is 4.28. The van der Waals surface area contributed by atoms with Gasteiger partial charge in [-0.25, -0.2) is 4.99 Å². The number of esters is 1. The molecule has 0 radical (unpaired) electrons. The van der Waals surface area contributed by atoms with Crippen molar-refractivity contribution < 1.29 is 19.1 Å². The molecular formula is C23H34N4O4. The molecule has 0 spiro atoms. The molecule has 3 N–H and O–H groups in total. The second-order valence-corrected chi connectivity index (χ2v) is 8.40. The Morgan fingerprint density at radius 3 is 2.77 bits per heavy atom. The molecule has 8 nitrogen and oxygen atoms in total. The molecule has 1 aliphatic carbocycles. The minimum absolute atomic E-state index is 0.103. The number of hydrogen-bond donors (Lipinski definition) is 2. The van der Waals surface area contributed by atoms with Crippen molar-refractivity contribution in [1.82, 2.24) is 4.98 Å². The van der Waals surface area contributed by atoms with E-state index < -0.39 is 0 Å². The number of rotatable bonds is 8. The van der Waals surface area contributed by atoms with Crippen LogP contribution in [0.15, 0.2) is 22.1 Å². The van der Waals surface area contributed by atoms with Crippen LogP contribution in [-0.4, -0.2) is 41.7 Å². The van der Waals surface area contributed by atoms with Gasteiger partial charge in [-0.15, -0.1) is 0 Å². The van der Waals surface area contributed by atoms with Crippen LogP contribution in [0.5, 0.6) is 0 Å². The first-order chi connectivity index (χ1) is 15.1. The zero-order chi connectivity index (χ0) is 22.1. The maximum Gasteiger partial charge on any atom is 0.306 e. The van der Waals surface area contributed by atoms with Crippen LogP contribution in [0.1, 0.15) is 88.6 Å². The highest BCUT2D eigenvalue weighted by molar-refractivity contribution is 6.06. The highest BCUT2D eigenvalue weighted by atomic mass is 16.6. The van der Waals surface area contributed by atoms with Crippen molar-refractivity contribution in [2.24, 2.45) is 21.6 Å². The number of amides is 1. The number of aromatic nitrogens is 1. The van der Waals surface area contributed by atoms with Crippen molar-refractivity contribution in [3.05, 3.63) is 23.5 Å². The Balaban J connectivity index is 1.50. The molecule has 0 bridgehead atoms. The van der Waals surface area contributed by atoms with E-state index in [-0.39, 0.29) is 29.9 Å². The van der Waals surface area contributed by atoms with E-state index in [9.17, 15) is 9.59 Å². The first kappa shape index (κ1) is 23.2. The zero-order valence-electron chi connectivity index (χ0n) is 18.3. The molecule has 2 aliphatic rings. The van der Waals surface area contributed by atoms with E-state index in [0.717, 1.165) is 44.1 Å². The van der Waals surface area contributed by atoms with Gasteiger partial charge in [0.2, 0.25) is 5.91 Å². The summed E-state index contributed by atoms with van der Waals surface area (Å²) in [4.78, 5) is 35.3. The molecule has 8 heteroatoms. The molecule has 2 atom stereocenters. The van der Waals surface area contributed by atoms with Gasteiger partial charge in [0.15, 0.2) is 5.84 Å². The van der Waals surface area contributed by atoms with E-state index >= 15 is 0 Å². The fourth-order valence-electron chi connectivity index (χ4n) is 4.28. The summed E-state index contributed by atoms with van der Waals surface area (Å²) >= 11 is 0. The number of ether oxygens (including phenoxy) is 2. The normalized spacial score (nSPS) is 22.8. The van der Waals surface area contributed by atoms with Gasteiger partial charge in [-0.2, -0.15) is 4.99 Å². The molecule has 2 fully saturated rings. The second-order valence-electron chi connectivity index (χ2n) is 8.40. The van der Waals surface area contributed by atoms with Crippen LogP contribution in [0.25, 0.3) is 0 Å². The third-order valence-corrected chi connectivity index (χ3v) is 5.91. The van der Waals surface area contributed by atoms with E-state index in [1.54, 1.807) is 0 Å². The summed E-state index contributed by atoms with van der Waals surface area (Å²) < 4.78 is 11.6. The fraction of sp³-hybridized carbons (Fsp3) is 0.652. The standard InChI is InChI=1S/C23H34N4O4/c1-2-6-21(28)27-23(25-15-24)19-11-10-18(26-19)20-12-9-17(31-20)14-30-22(29)13-16-7-4-3-5-8-16/h10-11,15-17,20,26H,2-9,12-14H2,1H3,(H2,24,25,27,28). The number of aliphatic imine (C=N–C) groups is 2. The summed E-state index contributed by atoms with van der Waals surface area (Å²) in [7, 11) is 0. The Morgan fingerprint density at radius 1 is 1.23 bits per heavy atom. The predicted octanol–water partition coefficient (Wildman–Crippen LogP) is 3.81. The van der Waals surface area contributed by atoms with E-state index in [0.29, 0.717) is 31.1 Å². The van der Waals surface area contributed by atoms with Crippen LogP contribution in [0, 0.1) is 5.92 Å². The highest BCUT2D eigenvalue weighted by Gasteiger charge is 2.29. The molecule has 2 heterocycles. The number of nitrogens with one attached hydrogen (secondary N) is 1. The summed E-state index contributed by atoms with van der Waals surface area (Å²) in [6, 6.07) is 3.73. The van der Waals surface area contributed by atoms with Crippen molar-refractivity contribution in [3.8, 4) is 0 Å². The number of nitrogens with zero attached hydrogens (tertiary/aromatic N) is 2. The average Bonchev–Trinajstić information content (AvgIpc) is 3.43. The number of amidine groups is 1. The number of aromatic amines is 1. The lowest BCUT2D eigenvalue weighted by molar-refractivity contribution is -0.149. The Hall–Kier alpha value is -2.48. The first-order valence-corrected chi connectivity index (χ1v) is 11.4. The molecule has 2 unspecified atom stereocenters. The first-order valence-electron chi connectivity index (χ1n) is 11.4. The smallest absolute Gasteiger partial charge is 0.306 e. The number of H-pyrrole nitrogens is 1. The molecule has 31 heavy (non-hydrogen) atoms. The summed E-state index contributed by atoms with van der Waals surface area (Å²) in [5, 5.41) is 0. The molecule has 1 saturated carbocycles. The third kappa shape index (κ3) is 7.02. The van der Waals surface area contributed by atoms with Crippen molar-refractivity contribution in [3.63, 3.8) is 0 Å². The van der Waals surface area contributed by atoms with Crippen LogP contribution in [0.3, 0.4) is 0 Å². The Labute approximate surface area is 183 Å². The lowest BCUT2D eigenvalue weighted by atomic mass is 9.87. The molecule has 0 aromatic carbocycles. The minimum Gasteiger partial charge on any atom is -0.463 e. The maximum atomic E-state index is 12.1. The second kappa shape index (κ2) is 11.8. The lowest BCUT2D eigenvalue weighted by Crippen LogP contribution is -2.20. The molecular weight excluding hydrogens is 396 g/mol. The van der Waals surface area contributed by atoms with Gasteiger partial charge >= 0.3 is 5.97 Å². The van der Waals surface area contributed by atoms with Crippen molar-refractivity contribution in [2.75, 3.05) is 6.61 Å². The quantitative estimate of drug-likeness (QED) is 0.369. The van der Waals surface area contributed by atoms with Gasteiger partial charge in [-0.05, 0) is 50.2 Å². The molecule has 170 valence electrons.